The number of rotatable bonds is 4. The Morgan fingerprint density at radius 3 is 2.38 bits per heavy atom. The molecule has 0 unspecified atom stereocenters. The van der Waals surface area contributed by atoms with Gasteiger partial charge in [-0.25, -0.2) is 5.41 Å². The molecule has 0 amide bonds. The minimum atomic E-state index is 0.0120. The molecule has 158 valence electrons. The van der Waals surface area contributed by atoms with E-state index in [9.17, 15) is 5.11 Å². The Kier molecular flexibility index (Phi) is 6.80. The number of amidine groups is 1. The summed E-state index contributed by atoms with van der Waals surface area (Å²) in [4.78, 5) is 0. The van der Waals surface area contributed by atoms with Gasteiger partial charge in [0.1, 0.15) is 5.75 Å². The molecule has 29 heavy (non-hydrogen) atoms. The number of phenols is 1. The summed E-state index contributed by atoms with van der Waals surface area (Å²) < 4.78 is 2.08. The molecule has 1 aliphatic heterocycles. The molecule has 0 radical (unpaired) electrons. The first-order valence-corrected chi connectivity index (χ1v) is 10.4. The van der Waals surface area contributed by atoms with Crippen LogP contribution in [0.2, 0.25) is 0 Å². The van der Waals surface area contributed by atoms with E-state index in [-0.39, 0.29) is 22.9 Å². The number of thioether (sulfide) groups is 1. The van der Waals surface area contributed by atoms with Crippen molar-refractivity contribution in [2.24, 2.45) is 11.5 Å². The number of benzene rings is 1. The van der Waals surface area contributed by atoms with Crippen LogP contribution in [0.4, 0.5) is 0 Å². The number of phenolic OH excluding ortho intramolecular Hbond substituents is 1. The molecule has 0 atom stereocenters. The standard InChI is InChI=1S/C21H32N6OS/c1-20(2)9-15(10-21(3,4)26-20)27(5)19(25)29-18(24)16-7-6-13(8-17(16)28)14(11-22)12-23/h6-8,11-12,15,25-26H,9-10H2,1-5H3,(H5,22,23,24,28)/p+2. The second kappa shape index (κ2) is 8.59. The maximum absolute atomic E-state index is 10.4. The summed E-state index contributed by atoms with van der Waals surface area (Å²) in [5.41, 5.74) is 13.6. The number of hydrogen-bond acceptors (Lipinski definition) is 5. The van der Waals surface area contributed by atoms with Gasteiger partial charge >= 0.3 is 5.17 Å². The van der Waals surface area contributed by atoms with Crippen molar-refractivity contribution in [1.29, 1.82) is 5.41 Å². The Morgan fingerprint density at radius 1 is 1.31 bits per heavy atom. The molecule has 0 saturated carbocycles. The van der Waals surface area contributed by atoms with Crippen molar-refractivity contribution in [2.75, 3.05) is 7.05 Å². The van der Waals surface area contributed by atoms with E-state index in [0.29, 0.717) is 26.9 Å². The molecule has 1 aromatic carbocycles. The summed E-state index contributed by atoms with van der Waals surface area (Å²) in [6.07, 6.45) is 4.39. The van der Waals surface area contributed by atoms with Gasteiger partial charge in [0.25, 0.3) is 5.04 Å². The maximum atomic E-state index is 10.4. The number of nitrogens with two attached hydrogens (primary N) is 3. The van der Waals surface area contributed by atoms with Gasteiger partial charge in [0.05, 0.1) is 30.4 Å². The fraction of sp³-hybridized carbons (Fsp3) is 0.476. The highest BCUT2D eigenvalue weighted by molar-refractivity contribution is 8.26. The average Bonchev–Trinajstić information content (AvgIpc) is 2.59. The SMILES string of the molecule is C[N+](=C(N)SC(=[NH2+])c1ccc(C(C=N)=CN)cc1O)C1CC(C)(C)NC(C)(C)C1. The van der Waals surface area contributed by atoms with Gasteiger partial charge < -0.3 is 21.6 Å². The van der Waals surface area contributed by atoms with Crippen LogP contribution in [0.1, 0.15) is 51.7 Å². The highest BCUT2D eigenvalue weighted by Crippen LogP contribution is 2.31. The third-order valence-corrected chi connectivity index (χ3v) is 6.15. The van der Waals surface area contributed by atoms with E-state index in [1.807, 2.05) is 7.05 Å². The van der Waals surface area contributed by atoms with Crippen LogP contribution in [-0.4, -0.2) is 50.3 Å². The summed E-state index contributed by atoms with van der Waals surface area (Å²) in [5, 5.41) is 28.7. The van der Waals surface area contributed by atoms with Crippen LogP contribution in [-0.2, 0) is 0 Å². The lowest BCUT2D eigenvalue weighted by atomic mass is 9.79. The zero-order valence-electron chi connectivity index (χ0n) is 17.9. The zero-order chi connectivity index (χ0) is 22.0. The summed E-state index contributed by atoms with van der Waals surface area (Å²) >= 11 is 1.24. The fourth-order valence-corrected chi connectivity index (χ4v) is 4.91. The second-order valence-corrected chi connectivity index (χ2v) is 9.93. The molecule has 0 bridgehead atoms. The zero-order valence-corrected chi connectivity index (χ0v) is 18.7. The molecule has 1 saturated heterocycles. The van der Waals surface area contributed by atoms with Gasteiger partial charge in [-0.2, -0.15) is 0 Å². The molecule has 0 spiro atoms. The average molecular weight is 419 g/mol. The lowest BCUT2D eigenvalue weighted by molar-refractivity contribution is -0.544. The van der Waals surface area contributed by atoms with Gasteiger partial charge in [-0.05, 0) is 45.4 Å². The molecule has 8 heteroatoms. The predicted molar refractivity (Wildman–Crippen MR) is 122 cm³/mol. The Hall–Kier alpha value is -2.32. The van der Waals surface area contributed by atoms with E-state index >= 15 is 0 Å². The van der Waals surface area contributed by atoms with Gasteiger partial charge in [0.15, 0.2) is 0 Å². The molecule has 0 aromatic heterocycles. The lowest BCUT2D eigenvalue weighted by Crippen LogP contribution is -2.61. The van der Waals surface area contributed by atoms with Crippen molar-refractivity contribution in [3.8, 4) is 5.75 Å². The fourth-order valence-electron chi connectivity index (χ4n) is 4.11. The molecule has 1 aromatic rings. The minimum absolute atomic E-state index is 0.0120. The Balaban J connectivity index is 2.22. The third-order valence-electron chi connectivity index (χ3n) is 5.21. The van der Waals surface area contributed by atoms with Crippen LogP contribution < -0.4 is 22.2 Å². The first-order chi connectivity index (χ1) is 13.4. The predicted octanol–water partition coefficient (Wildman–Crippen LogP) is 0.846. The van der Waals surface area contributed by atoms with Crippen LogP contribution in [0.5, 0.6) is 5.75 Å². The summed E-state index contributed by atoms with van der Waals surface area (Å²) in [6, 6.07) is 5.31. The Labute approximate surface area is 177 Å². The van der Waals surface area contributed by atoms with Crippen molar-refractivity contribution < 1.29 is 15.1 Å². The number of aromatic hydroxyl groups is 1. The molecule has 9 N–H and O–H groups in total. The highest BCUT2D eigenvalue weighted by Gasteiger charge is 2.40. The first-order valence-electron chi connectivity index (χ1n) is 9.60. The molecular formula is C21H34N6OS+2. The van der Waals surface area contributed by atoms with Crippen molar-refractivity contribution >= 4 is 33.8 Å². The van der Waals surface area contributed by atoms with Crippen LogP contribution in [0, 0.1) is 5.41 Å². The smallest absolute Gasteiger partial charge is 0.314 e. The van der Waals surface area contributed by atoms with E-state index in [1.54, 1.807) is 18.2 Å². The molecule has 1 heterocycles. The van der Waals surface area contributed by atoms with Crippen LogP contribution in [0.25, 0.3) is 5.57 Å². The topological polar surface area (TPSA) is 137 Å². The lowest BCUT2D eigenvalue weighted by Gasteiger charge is -2.45. The number of piperidine rings is 1. The molecular weight excluding hydrogens is 384 g/mol. The van der Waals surface area contributed by atoms with Crippen molar-refractivity contribution in [2.45, 2.75) is 57.7 Å². The summed E-state index contributed by atoms with van der Waals surface area (Å²) in [6.45, 7) is 8.82. The van der Waals surface area contributed by atoms with Gasteiger partial charge in [-0.3, -0.25) is 10.3 Å². The number of nitrogens with zero attached hydrogens (tertiary/aromatic N) is 1. The van der Waals surface area contributed by atoms with Crippen molar-refractivity contribution in [1.82, 2.24) is 5.32 Å². The van der Waals surface area contributed by atoms with E-state index < -0.39 is 0 Å². The number of allylic oxidation sites excluding steroid dienone is 1. The third kappa shape index (κ3) is 5.61. The summed E-state index contributed by atoms with van der Waals surface area (Å²) in [5.74, 6) is 0.0216. The molecule has 1 fully saturated rings. The second-order valence-electron chi connectivity index (χ2n) is 8.87. The van der Waals surface area contributed by atoms with Crippen LogP contribution >= 0.6 is 11.8 Å². The summed E-state index contributed by atoms with van der Waals surface area (Å²) in [7, 11) is 1.99. The van der Waals surface area contributed by atoms with Gasteiger partial charge in [-0.1, -0.05) is 6.07 Å². The van der Waals surface area contributed by atoms with Crippen molar-refractivity contribution in [3.63, 3.8) is 0 Å². The number of nitrogens with one attached hydrogen (secondary N) is 2. The Bertz CT molecular complexity index is 856. The van der Waals surface area contributed by atoms with Crippen molar-refractivity contribution in [3.05, 3.63) is 35.5 Å². The normalized spacial score (nSPS) is 20.1. The van der Waals surface area contributed by atoms with Crippen LogP contribution in [0.3, 0.4) is 0 Å². The first kappa shape index (κ1) is 23.0. The van der Waals surface area contributed by atoms with E-state index in [2.05, 4.69) is 37.6 Å². The highest BCUT2D eigenvalue weighted by atomic mass is 32.2. The minimum Gasteiger partial charge on any atom is -0.507 e. The molecule has 2 rings (SSSR count). The largest absolute Gasteiger partial charge is 0.507 e. The van der Waals surface area contributed by atoms with E-state index in [4.69, 9.17) is 22.3 Å². The Morgan fingerprint density at radius 2 is 1.90 bits per heavy atom. The van der Waals surface area contributed by atoms with E-state index in [0.717, 1.165) is 19.1 Å². The van der Waals surface area contributed by atoms with E-state index in [1.165, 1.54) is 18.0 Å². The monoisotopic (exact) mass is 418 g/mol. The molecule has 1 aliphatic rings. The number of hydrogen-bond donors (Lipinski definition) is 6. The van der Waals surface area contributed by atoms with Gasteiger partial charge in [0, 0.05) is 41.9 Å². The quantitative estimate of drug-likeness (QED) is 0.245. The van der Waals surface area contributed by atoms with Gasteiger partial charge in [-0.15, -0.1) is 0 Å². The van der Waals surface area contributed by atoms with Gasteiger partial charge in [0.2, 0.25) is 0 Å². The van der Waals surface area contributed by atoms with Crippen LogP contribution in [0.15, 0.2) is 24.4 Å². The molecule has 0 aliphatic carbocycles. The maximum Gasteiger partial charge on any atom is 0.314 e. The molecule has 7 nitrogen and oxygen atoms in total.